The van der Waals surface area contributed by atoms with E-state index in [4.69, 9.17) is 6.42 Å². The molecule has 0 aliphatic rings. The third-order valence-electron chi connectivity index (χ3n) is 2.15. The number of hydrogen-bond donors (Lipinski definition) is 0. The Morgan fingerprint density at radius 3 is 2.80 bits per heavy atom. The first-order valence-corrected chi connectivity index (χ1v) is 5.35. The second-order valence-electron chi connectivity index (χ2n) is 4.05. The molecule has 0 bridgehead atoms. The van der Waals surface area contributed by atoms with Gasteiger partial charge in [0.15, 0.2) is 0 Å². The van der Waals surface area contributed by atoms with Crippen molar-refractivity contribution in [2.75, 3.05) is 0 Å². The van der Waals surface area contributed by atoms with Crippen LogP contribution in [0.2, 0.25) is 0 Å². The highest BCUT2D eigenvalue weighted by Crippen LogP contribution is 2.23. The summed E-state index contributed by atoms with van der Waals surface area (Å²) in [5.41, 5.74) is 0.468. The topological polar surface area (TPSA) is 30.0 Å². The fourth-order valence-corrected chi connectivity index (χ4v) is 1.75. The molecule has 0 N–H and O–H groups in total. The number of carbonyl (C=O) groups excluding carboxylic acids is 1. The standard InChI is InChI=1S/C12H12BrNO/c1-4-11(15)12(2,3)6-9-5-10(13)8-14-7-9/h1,5,7-8H,6H2,2-3H3. The molecule has 1 rings (SSSR count). The summed E-state index contributed by atoms with van der Waals surface area (Å²) < 4.78 is 0.906. The number of aromatic nitrogens is 1. The van der Waals surface area contributed by atoms with Crippen molar-refractivity contribution < 1.29 is 4.79 Å². The number of hydrogen-bond acceptors (Lipinski definition) is 2. The molecular formula is C12H12BrNO. The van der Waals surface area contributed by atoms with Gasteiger partial charge in [0.05, 0.1) is 0 Å². The fourth-order valence-electron chi connectivity index (χ4n) is 1.34. The average Bonchev–Trinajstić information content (AvgIpc) is 2.15. The minimum atomic E-state index is -0.531. The van der Waals surface area contributed by atoms with Crippen LogP contribution in [0.15, 0.2) is 22.9 Å². The van der Waals surface area contributed by atoms with Crippen LogP contribution in [-0.4, -0.2) is 10.8 Å². The van der Waals surface area contributed by atoms with E-state index >= 15 is 0 Å². The van der Waals surface area contributed by atoms with Crippen molar-refractivity contribution >= 4 is 21.7 Å². The van der Waals surface area contributed by atoms with Crippen molar-refractivity contribution in [2.45, 2.75) is 20.3 Å². The number of pyridine rings is 1. The van der Waals surface area contributed by atoms with E-state index in [-0.39, 0.29) is 5.78 Å². The zero-order valence-corrected chi connectivity index (χ0v) is 10.3. The summed E-state index contributed by atoms with van der Waals surface area (Å²) in [6, 6.07) is 1.94. The van der Waals surface area contributed by atoms with E-state index in [2.05, 4.69) is 26.8 Å². The van der Waals surface area contributed by atoms with E-state index in [1.54, 1.807) is 12.4 Å². The van der Waals surface area contributed by atoms with Crippen LogP contribution < -0.4 is 0 Å². The third-order valence-corrected chi connectivity index (χ3v) is 2.59. The van der Waals surface area contributed by atoms with Crippen LogP contribution in [-0.2, 0) is 11.2 Å². The smallest absolute Gasteiger partial charge is 0.211 e. The maximum Gasteiger partial charge on any atom is 0.211 e. The molecule has 0 atom stereocenters. The molecule has 1 aromatic rings. The molecule has 78 valence electrons. The highest BCUT2D eigenvalue weighted by molar-refractivity contribution is 9.10. The van der Waals surface area contributed by atoms with Crippen LogP contribution in [0.5, 0.6) is 0 Å². The first-order chi connectivity index (χ1) is 6.95. The van der Waals surface area contributed by atoms with E-state index in [1.807, 2.05) is 19.9 Å². The Balaban J connectivity index is 2.87. The number of nitrogens with zero attached hydrogens (tertiary/aromatic N) is 1. The van der Waals surface area contributed by atoms with Crippen molar-refractivity contribution in [2.24, 2.45) is 5.41 Å². The molecule has 1 aromatic heterocycles. The summed E-state index contributed by atoms with van der Waals surface area (Å²) in [6.45, 7) is 3.69. The molecule has 0 saturated heterocycles. The summed E-state index contributed by atoms with van der Waals surface area (Å²) in [5, 5.41) is 0. The number of carbonyl (C=O) groups is 1. The van der Waals surface area contributed by atoms with Gasteiger partial charge in [-0.3, -0.25) is 9.78 Å². The molecule has 1 heterocycles. The second-order valence-corrected chi connectivity index (χ2v) is 4.96. The van der Waals surface area contributed by atoms with Crippen LogP contribution in [0.4, 0.5) is 0 Å². The molecule has 0 unspecified atom stereocenters. The summed E-state index contributed by atoms with van der Waals surface area (Å²) in [4.78, 5) is 15.5. The Kier molecular flexibility index (Phi) is 3.65. The largest absolute Gasteiger partial charge is 0.284 e. The molecule has 0 fully saturated rings. The number of terminal acetylenes is 1. The van der Waals surface area contributed by atoms with Crippen molar-refractivity contribution in [3.8, 4) is 12.3 Å². The molecule has 0 aliphatic carbocycles. The van der Waals surface area contributed by atoms with Crippen molar-refractivity contribution in [1.82, 2.24) is 4.98 Å². The molecule has 0 radical (unpaired) electrons. The van der Waals surface area contributed by atoms with Crippen LogP contribution >= 0.6 is 15.9 Å². The number of Topliss-reactive ketones (excluding diaryl/α,β-unsaturated/α-hetero) is 1. The SMILES string of the molecule is C#CC(=O)C(C)(C)Cc1cncc(Br)c1. The van der Waals surface area contributed by atoms with Gasteiger partial charge in [-0.15, -0.1) is 6.42 Å². The van der Waals surface area contributed by atoms with Crippen molar-refractivity contribution in [3.63, 3.8) is 0 Å². The van der Waals surface area contributed by atoms with Gasteiger partial charge in [0.2, 0.25) is 5.78 Å². The normalized spacial score (nSPS) is 10.8. The second kappa shape index (κ2) is 4.59. The lowest BCUT2D eigenvalue weighted by molar-refractivity contribution is -0.121. The van der Waals surface area contributed by atoms with E-state index in [0.717, 1.165) is 10.0 Å². The lowest BCUT2D eigenvalue weighted by Gasteiger charge is -2.19. The molecule has 0 saturated carbocycles. The molecule has 0 aromatic carbocycles. The Morgan fingerprint density at radius 2 is 2.27 bits per heavy atom. The first-order valence-electron chi connectivity index (χ1n) is 4.56. The van der Waals surface area contributed by atoms with Gasteiger partial charge in [0.25, 0.3) is 0 Å². The molecule has 0 amide bonds. The van der Waals surface area contributed by atoms with Crippen LogP contribution in [0.1, 0.15) is 19.4 Å². The fraction of sp³-hybridized carbons (Fsp3) is 0.333. The van der Waals surface area contributed by atoms with Gasteiger partial charge in [0.1, 0.15) is 0 Å². The van der Waals surface area contributed by atoms with Crippen LogP contribution in [0.25, 0.3) is 0 Å². The van der Waals surface area contributed by atoms with E-state index in [1.165, 1.54) is 0 Å². The van der Waals surface area contributed by atoms with E-state index in [0.29, 0.717) is 6.42 Å². The zero-order valence-electron chi connectivity index (χ0n) is 8.75. The predicted molar refractivity (Wildman–Crippen MR) is 63.3 cm³/mol. The van der Waals surface area contributed by atoms with Crippen molar-refractivity contribution in [3.05, 3.63) is 28.5 Å². The first kappa shape index (κ1) is 11.9. The van der Waals surface area contributed by atoms with Crippen molar-refractivity contribution in [1.29, 1.82) is 0 Å². The highest BCUT2D eigenvalue weighted by atomic mass is 79.9. The lowest BCUT2D eigenvalue weighted by Crippen LogP contribution is -2.25. The summed E-state index contributed by atoms with van der Waals surface area (Å²) >= 11 is 3.34. The molecule has 0 aliphatic heterocycles. The van der Waals surface area contributed by atoms with Gasteiger partial charge >= 0.3 is 0 Å². The molecule has 0 spiro atoms. The summed E-state index contributed by atoms with van der Waals surface area (Å²) in [5.74, 6) is 1.99. The summed E-state index contributed by atoms with van der Waals surface area (Å²) in [7, 11) is 0. The number of halogens is 1. The van der Waals surface area contributed by atoms with Gasteiger partial charge in [-0.2, -0.15) is 0 Å². The average molecular weight is 266 g/mol. The quantitative estimate of drug-likeness (QED) is 0.621. The molecule has 2 nitrogen and oxygen atoms in total. The van der Waals surface area contributed by atoms with E-state index < -0.39 is 5.41 Å². The number of ketones is 1. The Morgan fingerprint density at radius 1 is 1.60 bits per heavy atom. The molecule has 15 heavy (non-hydrogen) atoms. The Labute approximate surface area is 98.2 Å². The van der Waals surface area contributed by atoms with E-state index in [9.17, 15) is 4.79 Å². The predicted octanol–water partition coefficient (Wildman–Crippen LogP) is 2.62. The van der Waals surface area contributed by atoms with Gasteiger partial charge in [-0.05, 0) is 39.9 Å². The lowest BCUT2D eigenvalue weighted by atomic mass is 9.82. The molecular weight excluding hydrogens is 254 g/mol. The van der Waals surface area contributed by atoms with Gasteiger partial charge < -0.3 is 0 Å². The Bertz CT molecular complexity index is 418. The summed E-state index contributed by atoms with van der Waals surface area (Å²) in [6.07, 6.45) is 9.17. The maximum atomic E-state index is 11.5. The highest BCUT2D eigenvalue weighted by Gasteiger charge is 2.26. The minimum Gasteiger partial charge on any atom is -0.284 e. The van der Waals surface area contributed by atoms with Crippen LogP contribution in [0, 0.1) is 17.8 Å². The molecule has 3 heteroatoms. The van der Waals surface area contributed by atoms with Gasteiger partial charge in [0, 0.05) is 22.3 Å². The minimum absolute atomic E-state index is 0.178. The van der Waals surface area contributed by atoms with Gasteiger partial charge in [-0.25, -0.2) is 0 Å². The zero-order chi connectivity index (χ0) is 11.5. The Hall–Kier alpha value is -1.14. The number of rotatable bonds is 3. The maximum absolute atomic E-state index is 11.5. The monoisotopic (exact) mass is 265 g/mol. The van der Waals surface area contributed by atoms with Gasteiger partial charge in [-0.1, -0.05) is 13.8 Å². The third kappa shape index (κ3) is 3.17. The van der Waals surface area contributed by atoms with Crippen LogP contribution in [0.3, 0.4) is 0 Å².